The number of aryl methyl sites for hydroxylation is 2. The highest BCUT2D eigenvalue weighted by molar-refractivity contribution is 6.31. The van der Waals surface area contributed by atoms with Gasteiger partial charge in [-0.25, -0.2) is 0 Å². The van der Waals surface area contributed by atoms with Gasteiger partial charge in [0.2, 0.25) is 0 Å². The maximum absolute atomic E-state index is 6.25. The van der Waals surface area contributed by atoms with Crippen LogP contribution in [0.4, 0.5) is 0 Å². The quantitative estimate of drug-likeness (QED) is 0.943. The first-order chi connectivity index (χ1) is 9.26. The second kappa shape index (κ2) is 5.58. The Morgan fingerprint density at radius 3 is 2.55 bits per heavy atom. The lowest BCUT2D eigenvalue weighted by molar-refractivity contribution is 0.419. The minimum Gasteiger partial charge on any atom is -0.306 e. The van der Waals surface area contributed by atoms with E-state index >= 15 is 0 Å². The SMILES string of the molecule is Cc1nn(C)c(Cn2ccc(CNC(C)(C)C)n2)c1Cl. The van der Waals surface area contributed by atoms with Gasteiger partial charge >= 0.3 is 0 Å². The third-order valence-corrected chi connectivity index (χ3v) is 3.56. The van der Waals surface area contributed by atoms with Crippen molar-refractivity contribution in [3.05, 3.63) is 34.4 Å². The first-order valence-corrected chi connectivity index (χ1v) is 7.09. The monoisotopic (exact) mass is 295 g/mol. The van der Waals surface area contributed by atoms with Crippen molar-refractivity contribution >= 4 is 11.6 Å². The van der Waals surface area contributed by atoms with Gasteiger partial charge in [0.15, 0.2) is 0 Å². The molecule has 5 nitrogen and oxygen atoms in total. The van der Waals surface area contributed by atoms with Gasteiger partial charge in [0, 0.05) is 25.3 Å². The standard InChI is InChI=1S/C14H22ClN5/c1-10-13(15)12(19(5)17-10)9-20-7-6-11(18-20)8-16-14(2,3)4/h6-7,16H,8-9H2,1-5H3. The molecule has 110 valence electrons. The molecule has 0 aliphatic carbocycles. The lowest BCUT2D eigenvalue weighted by Gasteiger charge is -2.19. The van der Waals surface area contributed by atoms with Gasteiger partial charge < -0.3 is 5.32 Å². The second-order valence-electron chi connectivity index (χ2n) is 6.08. The van der Waals surface area contributed by atoms with Crippen LogP contribution in [-0.2, 0) is 20.1 Å². The molecule has 20 heavy (non-hydrogen) atoms. The number of rotatable bonds is 4. The largest absolute Gasteiger partial charge is 0.306 e. The Labute approximate surface area is 124 Å². The van der Waals surface area contributed by atoms with Gasteiger partial charge in [0.1, 0.15) is 0 Å². The molecule has 0 bridgehead atoms. The predicted molar refractivity (Wildman–Crippen MR) is 80.9 cm³/mol. The minimum absolute atomic E-state index is 0.0895. The predicted octanol–water partition coefficient (Wildman–Crippen LogP) is 2.51. The van der Waals surface area contributed by atoms with Crippen LogP contribution in [0.3, 0.4) is 0 Å². The lowest BCUT2D eigenvalue weighted by Crippen LogP contribution is -2.35. The third kappa shape index (κ3) is 3.61. The number of nitrogens with one attached hydrogen (secondary N) is 1. The summed E-state index contributed by atoms with van der Waals surface area (Å²) in [5.41, 5.74) is 2.94. The highest BCUT2D eigenvalue weighted by atomic mass is 35.5. The smallest absolute Gasteiger partial charge is 0.0866 e. The van der Waals surface area contributed by atoms with Crippen LogP contribution in [0, 0.1) is 6.92 Å². The molecular formula is C14H22ClN5. The zero-order valence-corrected chi connectivity index (χ0v) is 13.5. The van der Waals surface area contributed by atoms with Crippen LogP contribution >= 0.6 is 11.6 Å². The maximum Gasteiger partial charge on any atom is 0.0866 e. The van der Waals surface area contributed by atoms with E-state index in [1.165, 1.54) is 0 Å². The van der Waals surface area contributed by atoms with E-state index in [2.05, 4.69) is 36.3 Å². The molecule has 1 N–H and O–H groups in total. The fourth-order valence-corrected chi connectivity index (χ4v) is 2.17. The van der Waals surface area contributed by atoms with E-state index in [1.807, 2.05) is 35.6 Å². The van der Waals surface area contributed by atoms with Crippen molar-refractivity contribution in [2.24, 2.45) is 7.05 Å². The summed E-state index contributed by atoms with van der Waals surface area (Å²) in [6.45, 7) is 9.72. The van der Waals surface area contributed by atoms with Crippen LogP contribution in [0.25, 0.3) is 0 Å². The molecule has 0 radical (unpaired) electrons. The fraction of sp³-hybridized carbons (Fsp3) is 0.571. The average Bonchev–Trinajstić information content (AvgIpc) is 2.87. The molecule has 0 amide bonds. The van der Waals surface area contributed by atoms with Gasteiger partial charge in [-0.1, -0.05) is 11.6 Å². The van der Waals surface area contributed by atoms with Crippen LogP contribution in [0.15, 0.2) is 12.3 Å². The van der Waals surface area contributed by atoms with E-state index in [-0.39, 0.29) is 5.54 Å². The summed E-state index contributed by atoms with van der Waals surface area (Å²) in [4.78, 5) is 0. The Kier molecular flexibility index (Phi) is 4.20. The summed E-state index contributed by atoms with van der Waals surface area (Å²) in [6, 6.07) is 2.02. The number of aromatic nitrogens is 4. The van der Waals surface area contributed by atoms with Crippen LogP contribution in [-0.4, -0.2) is 25.1 Å². The molecule has 0 atom stereocenters. The van der Waals surface area contributed by atoms with E-state index in [1.54, 1.807) is 0 Å². The van der Waals surface area contributed by atoms with E-state index in [9.17, 15) is 0 Å². The first-order valence-electron chi connectivity index (χ1n) is 6.71. The minimum atomic E-state index is 0.0895. The molecule has 2 aromatic heterocycles. The van der Waals surface area contributed by atoms with Gasteiger partial charge in [-0.05, 0) is 33.8 Å². The third-order valence-electron chi connectivity index (χ3n) is 3.07. The molecule has 0 spiro atoms. The summed E-state index contributed by atoms with van der Waals surface area (Å²) >= 11 is 6.25. The van der Waals surface area contributed by atoms with E-state index in [4.69, 9.17) is 11.6 Å². The van der Waals surface area contributed by atoms with Crippen molar-refractivity contribution in [3.8, 4) is 0 Å². The van der Waals surface area contributed by atoms with Gasteiger partial charge in [-0.15, -0.1) is 0 Å². The van der Waals surface area contributed by atoms with Crippen LogP contribution in [0.5, 0.6) is 0 Å². The Balaban J connectivity index is 2.06. The van der Waals surface area contributed by atoms with Crippen molar-refractivity contribution in [1.82, 2.24) is 24.9 Å². The summed E-state index contributed by atoms with van der Waals surface area (Å²) < 4.78 is 3.70. The molecule has 2 heterocycles. The van der Waals surface area contributed by atoms with Crippen molar-refractivity contribution in [1.29, 1.82) is 0 Å². The highest BCUT2D eigenvalue weighted by Gasteiger charge is 2.13. The molecule has 0 aromatic carbocycles. The average molecular weight is 296 g/mol. The molecule has 6 heteroatoms. The van der Waals surface area contributed by atoms with Gasteiger partial charge in [-0.2, -0.15) is 10.2 Å². The van der Waals surface area contributed by atoms with Crippen molar-refractivity contribution in [2.45, 2.75) is 46.3 Å². The zero-order chi connectivity index (χ0) is 14.9. The van der Waals surface area contributed by atoms with Crippen LogP contribution in [0.1, 0.15) is 37.9 Å². The molecule has 0 fully saturated rings. The van der Waals surface area contributed by atoms with Crippen molar-refractivity contribution in [3.63, 3.8) is 0 Å². The molecule has 0 saturated heterocycles. The number of hydrogen-bond donors (Lipinski definition) is 1. The zero-order valence-electron chi connectivity index (χ0n) is 12.7. The Morgan fingerprint density at radius 1 is 1.30 bits per heavy atom. The number of hydrogen-bond acceptors (Lipinski definition) is 3. The highest BCUT2D eigenvalue weighted by Crippen LogP contribution is 2.20. The van der Waals surface area contributed by atoms with Crippen LogP contribution in [0.2, 0.25) is 5.02 Å². The summed E-state index contributed by atoms with van der Waals surface area (Å²) in [6.07, 6.45) is 1.97. The second-order valence-corrected chi connectivity index (χ2v) is 6.46. The van der Waals surface area contributed by atoms with E-state index in [0.717, 1.165) is 28.6 Å². The number of halogens is 1. The van der Waals surface area contributed by atoms with Crippen molar-refractivity contribution in [2.75, 3.05) is 0 Å². The Bertz CT molecular complexity index is 591. The molecule has 2 rings (SSSR count). The Hall–Kier alpha value is -1.33. The summed E-state index contributed by atoms with van der Waals surface area (Å²) in [5, 5.41) is 13.0. The summed E-state index contributed by atoms with van der Waals surface area (Å²) in [5.74, 6) is 0. The van der Waals surface area contributed by atoms with E-state index in [0.29, 0.717) is 6.54 Å². The topological polar surface area (TPSA) is 47.7 Å². The van der Waals surface area contributed by atoms with E-state index < -0.39 is 0 Å². The molecule has 0 unspecified atom stereocenters. The molecule has 0 saturated carbocycles. The van der Waals surface area contributed by atoms with Gasteiger partial charge in [0.25, 0.3) is 0 Å². The molecule has 0 aliphatic rings. The summed E-state index contributed by atoms with van der Waals surface area (Å²) in [7, 11) is 1.90. The molecule has 0 aliphatic heterocycles. The maximum atomic E-state index is 6.25. The first kappa shape index (κ1) is 15.1. The lowest BCUT2D eigenvalue weighted by atomic mass is 10.1. The Morgan fingerprint density at radius 2 is 2.00 bits per heavy atom. The van der Waals surface area contributed by atoms with Gasteiger partial charge in [-0.3, -0.25) is 9.36 Å². The van der Waals surface area contributed by atoms with Gasteiger partial charge in [0.05, 0.1) is 28.6 Å². The van der Waals surface area contributed by atoms with Crippen LogP contribution < -0.4 is 5.32 Å². The fourth-order valence-electron chi connectivity index (χ4n) is 1.95. The molecular weight excluding hydrogens is 274 g/mol. The normalized spacial score (nSPS) is 12.1. The number of nitrogens with zero attached hydrogens (tertiary/aromatic N) is 4. The molecule has 2 aromatic rings. The van der Waals surface area contributed by atoms with Crippen molar-refractivity contribution < 1.29 is 0 Å².